The highest BCUT2D eigenvalue weighted by molar-refractivity contribution is 6.34. The van der Waals surface area contributed by atoms with Crippen molar-refractivity contribution in [3.63, 3.8) is 0 Å². The quantitative estimate of drug-likeness (QED) is 0.788. The maximum atomic E-state index is 6.09. The number of nitrogens with zero attached hydrogens (tertiary/aromatic N) is 1. The van der Waals surface area contributed by atoms with E-state index in [4.69, 9.17) is 27.9 Å². The number of pyridine rings is 1. The maximum Gasteiger partial charge on any atom is 0.219 e. The molecule has 0 amide bonds. The van der Waals surface area contributed by atoms with Gasteiger partial charge in [0.25, 0.3) is 0 Å². The summed E-state index contributed by atoms with van der Waals surface area (Å²) in [4.78, 5) is 4.22. The smallest absolute Gasteiger partial charge is 0.219 e. The van der Waals surface area contributed by atoms with Crippen LogP contribution in [0.4, 0.5) is 0 Å². The predicted octanol–water partition coefficient (Wildman–Crippen LogP) is 5.24. The molecule has 0 aliphatic heterocycles. The molecule has 1 N–H and O–H groups in total. The van der Waals surface area contributed by atoms with Gasteiger partial charge >= 0.3 is 0 Å². The summed E-state index contributed by atoms with van der Waals surface area (Å²) in [5.41, 5.74) is 1.12. The minimum absolute atomic E-state index is 0.241. The van der Waals surface area contributed by atoms with Crippen molar-refractivity contribution in [3.8, 4) is 11.6 Å². The lowest BCUT2D eigenvalue weighted by atomic mass is 10.1. The normalized spacial score (nSPS) is 12.2. The van der Waals surface area contributed by atoms with Crippen LogP contribution in [0.2, 0.25) is 10.0 Å². The molecule has 21 heavy (non-hydrogen) atoms. The average molecular weight is 325 g/mol. The summed E-state index contributed by atoms with van der Waals surface area (Å²) < 4.78 is 5.73. The average Bonchev–Trinajstić information content (AvgIpc) is 2.49. The Morgan fingerprint density at radius 1 is 1.24 bits per heavy atom. The predicted molar refractivity (Wildman–Crippen MR) is 87.5 cm³/mol. The van der Waals surface area contributed by atoms with Gasteiger partial charge in [-0.2, -0.15) is 0 Å². The third-order valence-corrected chi connectivity index (χ3v) is 3.61. The molecule has 112 valence electrons. The van der Waals surface area contributed by atoms with Gasteiger partial charge in [0.05, 0.1) is 5.02 Å². The molecule has 1 atom stereocenters. The van der Waals surface area contributed by atoms with Crippen molar-refractivity contribution < 1.29 is 4.74 Å². The number of rotatable bonds is 6. The Bertz CT molecular complexity index is 605. The van der Waals surface area contributed by atoms with E-state index in [0.29, 0.717) is 21.7 Å². The Labute approximate surface area is 135 Å². The largest absolute Gasteiger partial charge is 0.437 e. The number of hydrogen-bond acceptors (Lipinski definition) is 3. The number of halogens is 2. The first kappa shape index (κ1) is 16.1. The fourth-order valence-corrected chi connectivity index (χ4v) is 2.21. The van der Waals surface area contributed by atoms with Crippen molar-refractivity contribution in [2.24, 2.45) is 0 Å². The van der Waals surface area contributed by atoms with Gasteiger partial charge in [-0.05, 0) is 43.7 Å². The van der Waals surface area contributed by atoms with E-state index in [-0.39, 0.29) is 6.04 Å². The summed E-state index contributed by atoms with van der Waals surface area (Å²) >= 11 is 12.0. The summed E-state index contributed by atoms with van der Waals surface area (Å²) in [6, 6.07) is 9.22. The molecule has 0 spiro atoms. The molecule has 0 aliphatic rings. The highest BCUT2D eigenvalue weighted by Gasteiger charge is 2.09. The van der Waals surface area contributed by atoms with E-state index in [1.54, 1.807) is 24.4 Å². The van der Waals surface area contributed by atoms with Crippen molar-refractivity contribution in [2.45, 2.75) is 26.3 Å². The van der Waals surface area contributed by atoms with E-state index >= 15 is 0 Å². The van der Waals surface area contributed by atoms with Gasteiger partial charge in [0.1, 0.15) is 5.75 Å². The lowest BCUT2D eigenvalue weighted by Gasteiger charge is -2.14. The van der Waals surface area contributed by atoms with Crippen LogP contribution >= 0.6 is 23.2 Å². The number of benzene rings is 1. The topological polar surface area (TPSA) is 34.2 Å². The first-order valence-electron chi connectivity index (χ1n) is 6.92. The van der Waals surface area contributed by atoms with E-state index in [0.717, 1.165) is 18.5 Å². The molecule has 1 aromatic carbocycles. The first-order chi connectivity index (χ1) is 10.1. The van der Waals surface area contributed by atoms with Gasteiger partial charge < -0.3 is 10.1 Å². The van der Waals surface area contributed by atoms with E-state index in [1.807, 2.05) is 12.1 Å². The molecule has 0 bridgehead atoms. The van der Waals surface area contributed by atoms with Crippen molar-refractivity contribution in [1.82, 2.24) is 10.3 Å². The number of aromatic nitrogens is 1. The number of hydrogen-bond donors (Lipinski definition) is 1. The maximum absolute atomic E-state index is 6.09. The van der Waals surface area contributed by atoms with Crippen molar-refractivity contribution in [2.75, 3.05) is 6.54 Å². The van der Waals surface area contributed by atoms with E-state index in [2.05, 4.69) is 24.1 Å². The van der Waals surface area contributed by atoms with Crippen LogP contribution in [0, 0.1) is 0 Å². The standard InChI is InChI=1S/C16H18Cl2N2O/c1-3-7-19-11(2)12-6-8-20-16(9-12)21-15-10-13(17)4-5-14(15)18/h4-6,8-11,19H,3,7H2,1-2H3. The number of nitrogens with one attached hydrogen (secondary N) is 1. The van der Waals surface area contributed by atoms with Crippen LogP contribution in [0.25, 0.3) is 0 Å². The highest BCUT2D eigenvalue weighted by Crippen LogP contribution is 2.31. The van der Waals surface area contributed by atoms with Crippen LogP contribution < -0.4 is 10.1 Å². The molecule has 0 saturated heterocycles. The van der Waals surface area contributed by atoms with Crippen LogP contribution in [0.5, 0.6) is 11.6 Å². The summed E-state index contributed by atoms with van der Waals surface area (Å²) in [5, 5.41) is 4.51. The molecule has 0 radical (unpaired) electrons. The van der Waals surface area contributed by atoms with Crippen LogP contribution in [0.15, 0.2) is 36.5 Å². The molecule has 0 saturated carbocycles. The molecule has 2 rings (SSSR count). The zero-order valence-corrected chi connectivity index (χ0v) is 13.6. The summed E-state index contributed by atoms with van der Waals surface area (Å²) in [6.45, 7) is 5.23. The van der Waals surface area contributed by atoms with Crippen LogP contribution in [0.1, 0.15) is 31.9 Å². The highest BCUT2D eigenvalue weighted by atomic mass is 35.5. The monoisotopic (exact) mass is 324 g/mol. The van der Waals surface area contributed by atoms with Gasteiger partial charge in [-0.25, -0.2) is 4.98 Å². The SMILES string of the molecule is CCCNC(C)c1ccnc(Oc2cc(Cl)ccc2Cl)c1. The molecular weight excluding hydrogens is 307 g/mol. The second-order valence-corrected chi connectivity index (χ2v) is 5.62. The fourth-order valence-electron chi connectivity index (χ4n) is 1.90. The molecule has 1 aromatic heterocycles. The van der Waals surface area contributed by atoms with Gasteiger partial charge in [-0.3, -0.25) is 0 Å². The van der Waals surface area contributed by atoms with Gasteiger partial charge in [0, 0.05) is 29.4 Å². The van der Waals surface area contributed by atoms with Gasteiger partial charge in [0.15, 0.2) is 0 Å². The van der Waals surface area contributed by atoms with Crippen LogP contribution in [0.3, 0.4) is 0 Å². The third-order valence-electron chi connectivity index (χ3n) is 3.07. The summed E-state index contributed by atoms with van der Waals surface area (Å²) in [5.74, 6) is 1.00. The van der Waals surface area contributed by atoms with Crippen LogP contribution in [-0.4, -0.2) is 11.5 Å². The van der Waals surface area contributed by atoms with E-state index < -0.39 is 0 Å². The molecule has 3 nitrogen and oxygen atoms in total. The van der Waals surface area contributed by atoms with Gasteiger partial charge in [-0.1, -0.05) is 30.1 Å². The van der Waals surface area contributed by atoms with E-state index in [9.17, 15) is 0 Å². The Balaban J connectivity index is 2.15. The second-order valence-electron chi connectivity index (χ2n) is 4.78. The Hall–Kier alpha value is -1.29. The van der Waals surface area contributed by atoms with Crippen molar-refractivity contribution in [3.05, 3.63) is 52.1 Å². The molecule has 0 aliphatic carbocycles. The fraction of sp³-hybridized carbons (Fsp3) is 0.312. The minimum atomic E-state index is 0.241. The molecule has 1 heterocycles. The molecule has 2 aromatic rings. The second kappa shape index (κ2) is 7.64. The van der Waals surface area contributed by atoms with Crippen molar-refractivity contribution >= 4 is 23.2 Å². The van der Waals surface area contributed by atoms with E-state index in [1.165, 1.54) is 0 Å². The summed E-state index contributed by atoms with van der Waals surface area (Å²) in [7, 11) is 0. The summed E-state index contributed by atoms with van der Waals surface area (Å²) in [6.07, 6.45) is 2.82. The molecular formula is C16H18Cl2N2O. The molecule has 1 unspecified atom stereocenters. The Morgan fingerprint density at radius 3 is 2.81 bits per heavy atom. The van der Waals surface area contributed by atoms with Gasteiger partial charge in [0.2, 0.25) is 5.88 Å². The zero-order chi connectivity index (χ0) is 15.2. The van der Waals surface area contributed by atoms with Gasteiger partial charge in [-0.15, -0.1) is 0 Å². The number of ether oxygens (including phenoxy) is 1. The first-order valence-corrected chi connectivity index (χ1v) is 7.68. The molecule has 5 heteroatoms. The van der Waals surface area contributed by atoms with Crippen molar-refractivity contribution in [1.29, 1.82) is 0 Å². The lowest BCUT2D eigenvalue weighted by molar-refractivity contribution is 0.460. The lowest BCUT2D eigenvalue weighted by Crippen LogP contribution is -2.19. The zero-order valence-electron chi connectivity index (χ0n) is 12.1. The Kier molecular flexibility index (Phi) is 5.85. The minimum Gasteiger partial charge on any atom is -0.437 e. The molecule has 0 fully saturated rings. The van der Waals surface area contributed by atoms with Crippen LogP contribution in [-0.2, 0) is 0 Å². The Morgan fingerprint density at radius 2 is 2.05 bits per heavy atom. The third kappa shape index (κ3) is 4.60.